The van der Waals surface area contributed by atoms with E-state index in [1.54, 1.807) is 24.3 Å². The number of rotatable bonds is 1. The fraction of sp³-hybridized carbons (Fsp3) is 0.100. The largest absolute Gasteiger partial charge is 0.473 e. The Balaban J connectivity index is 2.68. The van der Waals surface area contributed by atoms with Crippen molar-refractivity contribution in [3.05, 3.63) is 45.0 Å². The van der Waals surface area contributed by atoms with Gasteiger partial charge in [-0.1, -0.05) is 12.1 Å². The van der Waals surface area contributed by atoms with Crippen LogP contribution >= 0.6 is 12.2 Å². The number of hydrogen-bond acceptors (Lipinski definition) is 4. The molecule has 2 rings (SSSR count). The molecule has 1 heterocycles. The molecule has 0 saturated carbocycles. The standard InChI is InChI=1S/C10H9N3O3S/c1-16-10(17)12-13-9(15)7-5-3-2-4-6(7)8(14)11-13/h2-5H,1H3,(H,11,14)(H,12,17). The molecule has 2 aromatic rings. The van der Waals surface area contributed by atoms with Crippen LogP contribution in [0.5, 0.6) is 0 Å². The van der Waals surface area contributed by atoms with Crippen molar-refractivity contribution >= 4 is 28.2 Å². The van der Waals surface area contributed by atoms with Crippen LogP contribution in [0.2, 0.25) is 0 Å². The number of fused-ring (bicyclic) bond motifs is 1. The summed E-state index contributed by atoms with van der Waals surface area (Å²) in [5.41, 5.74) is 1.66. The van der Waals surface area contributed by atoms with Crippen LogP contribution in [-0.2, 0) is 4.74 Å². The van der Waals surface area contributed by atoms with E-state index in [0.717, 1.165) is 4.79 Å². The summed E-state index contributed by atoms with van der Waals surface area (Å²) in [5, 5.41) is 2.98. The predicted molar refractivity (Wildman–Crippen MR) is 67.8 cm³/mol. The van der Waals surface area contributed by atoms with Crippen LogP contribution in [0, 0.1) is 0 Å². The number of nitrogens with one attached hydrogen (secondary N) is 2. The topological polar surface area (TPSA) is 76.1 Å². The quantitative estimate of drug-likeness (QED) is 0.706. The highest BCUT2D eigenvalue weighted by atomic mass is 32.1. The van der Waals surface area contributed by atoms with Crippen molar-refractivity contribution in [3.63, 3.8) is 0 Å². The van der Waals surface area contributed by atoms with Crippen molar-refractivity contribution in [1.82, 2.24) is 9.89 Å². The number of benzene rings is 1. The minimum absolute atomic E-state index is 0.0157. The number of hydrogen-bond donors (Lipinski definition) is 2. The molecule has 0 aliphatic rings. The molecule has 0 aliphatic heterocycles. The van der Waals surface area contributed by atoms with E-state index in [-0.39, 0.29) is 10.7 Å². The summed E-state index contributed by atoms with van der Waals surface area (Å²) in [5.74, 6) is 0. The summed E-state index contributed by atoms with van der Waals surface area (Å²) >= 11 is 4.75. The second-order valence-electron chi connectivity index (χ2n) is 3.23. The molecule has 6 nitrogen and oxygen atoms in total. The molecular weight excluding hydrogens is 242 g/mol. The Kier molecular flexibility index (Phi) is 2.92. The minimum atomic E-state index is -0.403. The van der Waals surface area contributed by atoms with E-state index in [9.17, 15) is 9.59 Å². The van der Waals surface area contributed by atoms with E-state index < -0.39 is 5.56 Å². The molecule has 0 spiro atoms. The third-order valence-corrected chi connectivity index (χ3v) is 2.46. The minimum Gasteiger partial charge on any atom is -0.473 e. The van der Waals surface area contributed by atoms with Crippen molar-refractivity contribution in [2.75, 3.05) is 12.5 Å². The van der Waals surface area contributed by atoms with Gasteiger partial charge in [0.05, 0.1) is 17.9 Å². The lowest BCUT2D eigenvalue weighted by atomic mass is 10.2. The Labute approximate surface area is 101 Å². The molecule has 88 valence electrons. The molecule has 0 aliphatic carbocycles. The zero-order valence-electron chi connectivity index (χ0n) is 8.89. The Hall–Kier alpha value is -2.15. The molecule has 0 amide bonds. The second-order valence-corrected chi connectivity index (χ2v) is 3.60. The fourth-order valence-corrected chi connectivity index (χ4v) is 1.51. The van der Waals surface area contributed by atoms with E-state index in [0.29, 0.717) is 10.8 Å². The van der Waals surface area contributed by atoms with Crippen molar-refractivity contribution in [2.45, 2.75) is 0 Å². The van der Waals surface area contributed by atoms with E-state index in [1.165, 1.54) is 7.11 Å². The van der Waals surface area contributed by atoms with Crippen LogP contribution in [0.3, 0.4) is 0 Å². The lowest BCUT2D eigenvalue weighted by Gasteiger charge is -2.08. The first-order valence-corrected chi connectivity index (χ1v) is 5.13. The third kappa shape index (κ3) is 2.04. The Bertz CT molecular complexity index is 689. The van der Waals surface area contributed by atoms with Gasteiger partial charge in [0.1, 0.15) is 0 Å². The van der Waals surface area contributed by atoms with Gasteiger partial charge in [0.15, 0.2) is 0 Å². The number of aromatic amines is 1. The number of H-pyrrole nitrogens is 1. The average molecular weight is 251 g/mol. The normalized spacial score (nSPS) is 10.2. The van der Waals surface area contributed by atoms with Gasteiger partial charge in [-0.25, -0.2) is 10.5 Å². The zero-order valence-corrected chi connectivity index (χ0v) is 9.71. The van der Waals surface area contributed by atoms with Gasteiger partial charge in [0, 0.05) is 0 Å². The monoisotopic (exact) mass is 251 g/mol. The molecule has 0 atom stereocenters. The average Bonchev–Trinajstić information content (AvgIpc) is 2.35. The lowest BCUT2D eigenvalue weighted by molar-refractivity contribution is 0.405. The Morgan fingerprint density at radius 1 is 1.35 bits per heavy atom. The number of thiocarbonyl (C=S) groups is 1. The van der Waals surface area contributed by atoms with Gasteiger partial charge in [0.25, 0.3) is 16.3 Å². The maximum absolute atomic E-state index is 11.9. The summed E-state index contributed by atoms with van der Waals surface area (Å²) in [4.78, 5) is 24.5. The molecular formula is C10H9N3O3S. The summed E-state index contributed by atoms with van der Waals surface area (Å²) in [6, 6.07) is 6.52. The summed E-state index contributed by atoms with van der Waals surface area (Å²) < 4.78 is 4.70. The summed E-state index contributed by atoms with van der Waals surface area (Å²) in [7, 11) is 1.36. The molecule has 17 heavy (non-hydrogen) atoms. The van der Waals surface area contributed by atoms with Gasteiger partial charge in [-0.2, -0.15) is 4.79 Å². The van der Waals surface area contributed by atoms with Gasteiger partial charge in [-0.05, 0) is 24.4 Å². The Morgan fingerprint density at radius 2 is 2.00 bits per heavy atom. The van der Waals surface area contributed by atoms with Crippen molar-refractivity contribution in [3.8, 4) is 0 Å². The summed E-state index contributed by atoms with van der Waals surface area (Å²) in [6.07, 6.45) is 0. The predicted octanol–water partition coefficient (Wildman–Crippen LogP) is 0.165. The van der Waals surface area contributed by atoms with Crippen LogP contribution in [0.1, 0.15) is 0 Å². The van der Waals surface area contributed by atoms with E-state index in [4.69, 9.17) is 17.0 Å². The molecule has 0 fully saturated rings. The van der Waals surface area contributed by atoms with Crippen LogP contribution in [-0.4, -0.2) is 22.2 Å². The van der Waals surface area contributed by atoms with Crippen LogP contribution in [0.4, 0.5) is 0 Å². The molecule has 1 aromatic carbocycles. The molecule has 0 unspecified atom stereocenters. The lowest BCUT2D eigenvalue weighted by Crippen LogP contribution is -2.38. The highest BCUT2D eigenvalue weighted by molar-refractivity contribution is 7.80. The van der Waals surface area contributed by atoms with E-state index in [1.807, 2.05) is 0 Å². The molecule has 0 bridgehead atoms. The van der Waals surface area contributed by atoms with Crippen LogP contribution in [0.25, 0.3) is 10.8 Å². The van der Waals surface area contributed by atoms with Crippen LogP contribution < -0.4 is 16.5 Å². The van der Waals surface area contributed by atoms with Crippen molar-refractivity contribution in [2.24, 2.45) is 0 Å². The maximum atomic E-state index is 11.9. The fourth-order valence-electron chi connectivity index (χ4n) is 1.42. The molecule has 0 radical (unpaired) electrons. The maximum Gasteiger partial charge on any atom is 0.292 e. The highest BCUT2D eigenvalue weighted by Crippen LogP contribution is 2.01. The Morgan fingerprint density at radius 3 is 2.65 bits per heavy atom. The van der Waals surface area contributed by atoms with Crippen LogP contribution in [0.15, 0.2) is 33.9 Å². The second kappa shape index (κ2) is 4.38. The van der Waals surface area contributed by atoms with Gasteiger partial charge in [0.2, 0.25) is 0 Å². The molecule has 0 saturated heterocycles. The number of nitrogens with zero attached hydrogens (tertiary/aromatic N) is 1. The number of methoxy groups -OCH3 is 1. The number of ether oxygens (including phenoxy) is 1. The smallest absolute Gasteiger partial charge is 0.292 e. The van der Waals surface area contributed by atoms with E-state index >= 15 is 0 Å². The van der Waals surface area contributed by atoms with Gasteiger partial charge in [-0.15, -0.1) is 0 Å². The highest BCUT2D eigenvalue weighted by Gasteiger charge is 2.06. The first-order valence-electron chi connectivity index (χ1n) is 4.72. The first kappa shape index (κ1) is 11.3. The van der Waals surface area contributed by atoms with Gasteiger partial charge < -0.3 is 4.74 Å². The first-order chi connectivity index (χ1) is 8.13. The SMILES string of the molecule is COC(=S)Nn1[nH]c(=O)c2ccccc2c1=O. The zero-order chi connectivity index (χ0) is 12.4. The van der Waals surface area contributed by atoms with Gasteiger partial charge in [-0.3, -0.25) is 9.59 Å². The van der Waals surface area contributed by atoms with Crippen molar-refractivity contribution < 1.29 is 4.74 Å². The molecule has 2 N–H and O–H groups in total. The van der Waals surface area contributed by atoms with E-state index in [2.05, 4.69) is 10.5 Å². The molecule has 7 heteroatoms. The third-order valence-electron chi connectivity index (χ3n) is 2.21. The van der Waals surface area contributed by atoms with Crippen molar-refractivity contribution in [1.29, 1.82) is 0 Å². The van der Waals surface area contributed by atoms with Gasteiger partial charge >= 0.3 is 0 Å². The summed E-state index contributed by atoms with van der Waals surface area (Å²) in [6.45, 7) is 0. The molecule has 1 aromatic heterocycles. The number of aromatic nitrogens is 2.